The first-order valence-electron chi connectivity index (χ1n) is 15.9. The predicted molar refractivity (Wildman–Crippen MR) is 192 cm³/mol. The summed E-state index contributed by atoms with van der Waals surface area (Å²) in [5.41, 5.74) is 13.8. The summed E-state index contributed by atoms with van der Waals surface area (Å²) in [6.45, 7) is 0.133. The summed E-state index contributed by atoms with van der Waals surface area (Å²) in [5.74, 6) is 0.927. The molecule has 212 valence electrons. The van der Waals surface area contributed by atoms with Crippen LogP contribution in [0.1, 0.15) is 0 Å². The number of anilines is 3. The van der Waals surface area contributed by atoms with Crippen molar-refractivity contribution in [2.45, 2.75) is 0 Å². The summed E-state index contributed by atoms with van der Waals surface area (Å²) in [4.78, 5) is 7.25. The normalized spacial score (nSPS) is 13.1. The van der Waals surface area contributed by atoms with Gasteiger partial charge in [0.1, 0.15) is 5.82 Å². The maximum Gasteiger partial charge on any atom is 0.252 e. The molecule has 46 heavy (non-hydrogen) atoms. The molecule has 0 bridgehead atoms. The second-order valence-corrected chi connectivity index (χ2v) is 12.3. The Kier molecular flexibility index (Phi) is 4.63. The lowest BCUT2D eigenvalue weighted by molar-refractivity contribution is 1.08. The molecule has 0 spiro atoms. The molecule has 5 heterocycles. The standard InChI is InChI=1S/C41H25BN4/c1-2-12-26(13-3-1)44-33-19-7-5-16-30(33)42-31-17-10-15-27-28-23-24-34-38(41(28)46(40(27)31)36-21-11-20-35(44)39(36)42)29-14-4-6-18-32(29)45(34)37-22-8-9-25-43-37/h1-25H. The third-order valence-corrected chi connectivity index (χ3v) is 10.1. The Morgan fingerprint density at radius 2 is 1.17 bits per heavy atom. The summed E-state index contributed by atoms with van der Waals surface area (Å²) in [5, 5.41) is 5.06. The lowest BCUT2D eigenvalue weighted by atomic mass is 9.34. The Labute approximate surface area is 265 Å². The van der Waals surface area contributed by atoms with Gasteiger partial charge in [-0.1, -0.05) is 91.0 Å². The first-order chi connectivity index (χ1) is 22.9. The van der Waals surface area contributed by atoms with E-state index in [2.05, 4.69) is 154 Å². The van der Waals surface area contributed by atoms with Crippen molar-refractivity contribution in [1.29, 1.82) is 0 Å². The second kappa shape index (κ2) is 8.77. The number of aromatic nitrogens is 3. The van der Waals surface area contributed by atoms with Gasteiger partial charge >= 0.3 is 0 Å². The highest BCUT2D eigenvalue weighted by molar-refractivity contribution is 7.00. The molecule has 0 unspecified atom stereocenters. The number of pyridine rings is 1. The van der Waals surface area contributed by atoms with Crippen molar-refractivity contribution in [3.8, 4) is 11.5 Å². The fourth-order valence-electron chi connectivity index (χ4n) is 8.46. The van der Waals surface area contributed by atoms with Crippen LogP contribution in [0.5, 0.6) is 0 Å². The van der Waals surface area contributed by atoms with E-state index in [1.807, 2.05) is 12.3 Å². The molecule has 4 nitrogen and oxygen atoms in total. The molecule has 5 heteroatoms. The zero-order chi connectivity index (χ0) is 29.9. The minimum atomic E-state index is 0.133. The average molecular weight is 584 g/mol. The van der Waals surface area contributed by atoms with Gasteiger partial charge in [0.05, 0.1) is 16.6 Å². The summed E-state index contributed by atoms with van der Waals surface area (Å²) < 4.78 is 4.89. The third kappa shape index (κ3) is 2.93. The maximum atomic E-state index is 4.80. The van der Waals surface area contributed by atoms with E-state index in [0.29, 0.717) is 0 Å². The maximum absolute atomic E-state index is 4.80. The summed E-state index contributed by atoms with van der Waals surface area (Å²) in [7, 11) is 0. The molecule has 2 aliphatic rings. The molecule has 11 rings (SSSR count). The molecular formula is C41H25BN4. The number of hydrogen-bond acceptors (Lipinski definition) is 2. The van der Waals surface area contributed by atoms with Gasteiger partial charge in [-0.3, -0.25) is 4.57 Å². The number of rotatable bonds is 2. The van der Waals surface area contributed by atoms with Crippen LogP contribution in [0.4, 0.5) is 17.1 Å². The van der Waals surface area contributed by atoms with Crippen molar-refractivity contribution in [3.63, 3.8) is 0 Å². The Hall–Kier alpha value is -6.07. The second-order valence-electron chi connectivity index (χ2n) is 12.3. The average Bonchev–Trinajstić information content (AvgIpc) is 3.64. The molecule has 0 fully saturated rings. The fourth-order valence-corrected chi connectivity index (χ4v) is 8.46. The molecule has 2 aliphatic heterocycles. The number of hydrogen-bond donors (Lipinski definition) is 0. The van der Waals surface area contributed by atoms with Crippen LogP contribution >= 0.6 is 0 Å². The first-order valence-corrected chi connectivity index (χ1v) is 15.9. The van der Waals surface area contributed by atoms with Crippen molar-refractivity contribution in [3.05, 3.63) is 152 Å². The van der Waals surface area contributed by atoms with Crippen LogP contribution < -0.4 is 21.3 Å². The summed E-state index contributed by atoms with van der Waals surface area (Å²) in [6.07, 6.45) is 1.88. The van der Waals surface area contributed by atoms with Gasteiger partial charge in [0, 0.05) is 56.0 Å². The van der Waals surface area contributed by atoms with Gasteiger partial charge in [0.2, 0.25) is 0 Å². The predicted octanol–water partition coefficient (Wildman–Crippen LogP) is 7.89. The zero-order valence-electron chi connectivity index (χ0n) is 24.8. The van der Waals surface area contributed by atoms with Gasteiger partial charge in [-0.15, -0.1) is 0 Å². The van der Waals surface area contributed by atoms with Gasteiger partial charge in [0.25, 0.3) is 6.71 Å². The van der Waals surface area contributed by atoms with Crippen LogP contribution in [0.2, 0.25) is 0 Å². The molecule has 9 aromatic rings. The van der Waals surface area contributed by atoms with Crippen molar-refractivity contribution >= 4 is 83.8 Å². The molecule has 6 aromatic carbocycles. The van der Waals surface area contributed by atoms with Gasteiger partial charge in [-0.2, -0.15) is 0 Å². The molecule has 0 radical (unpaired) electrons. The van der Waals surface area contributed by atoms with Crippen molar-refractivity contribution in [2.75, 3.05) is 4.90 Å². The van der Waals surface area contributed by atoms with Crippen molar-refractivity contribution in [1.82, 2.24) is 14.1 Å². The Balaban J connectivity index is 1.34. The first kappa shape index (κ1) is 24.3. The number of nitrogens with zero attached hydrogens (tertiary/aromatic N) is 4. The lowest BCUT2D eigenvalue weighted by Crippen LogP contribution is -2.60. The van der Waals surface area contributed by atoms with Crippen LogP contribution in [-0.2, 0) is 0 Å². The minimum absolute atomic E-state index is 0.133. The van der Waals surface area contributed by atoms with E-state index >= 15 is 0 Å². The van der Waals surface area contributed by atoms with E-state index in [9.17, 15) is 0 Å². The number of para-hydroxylation sites is 4. The lowest BCUT2D eigenvalue weighted by Gasteiger charge is -2.40. The molecule has 0 aliphatic carbocycles. The Bertz CT molecular complexity index is 2710. The number of benzene rings is 6. The Morgan fingerprint density at radius 3 is 2.09 bits per heavy atom. The van der Waals surface area contributed by atoms with Gasteiger partial charge in [-0.05, 0) is 71.0 Å². The molecule has 0 amide bonds. The fraction of sp³-hybridized carbons (Fsp3) is 0. The summed E-state index contributed by atoms with van der Waals surface area (Å²) >= 11 is 0. The smallest absolute Gasteiger partial charge is 0.252 e. The third-order valence-electron chi connectivity index (χ3n) is 10.1. The molecule has 0 saturated carbocycles. The minimum Gasteiger partial charge on any atom is -0.311 e. The van der Waals surface area contributed by atoms with Crippen LogP contribution in [0.25, 0.3) is 55.1 Å². The summed E-state index contributed by atoms with van der Waals surface area (Å²) in [6, 6.07) is 53.0. The van der Waals surface area contributed by atoms with E-state index in [4.69, 9.17) is 4.98 Å². The van der Waals surface area contributed by atoms with Crippen LogP contribution in [0.15, 0.2) is 152 Å². The Morgan fingerprint density at radius 1 is 0.457 bits per heavy atom. The molecule has 0 N–H and O–H groups in total. The van der Waals surface area contributed by atoms with E-state index in [1.54, 1.807) is 0 Å². The van der Waals surface area contributed by atoms with E-state index in [1.165, 1.54) is 71.7 Å². The van der Waals surface area contributed by atoms with Gasteiger partial charge in [0.15, 0.2) is 0 Å². The topological polar surface area (TPSA) is 26.0 Å². The highest BCUT2D eigenvalue weighted by Gasteiger charge is 2.41. The van der Waals surface area contributed by atoms with E-state index in [-0.39, 0.29) is 6.71 Å². The monoisotopic (exact) mass is 584 g/mol. The van der Waals surface area contributed by atoms with Crippen LogP contribution in [0.3, 0.4) is 0 Å². The van der Waals surface area contributed by atoms with Crippen LogP contribution in [-0.4, -0.2) is 20.8 Å². The van der Waals surface area contributed by atoms with Gasteiger partial charge < -0.3 is 9.47 Å². The molecule has 0 saturated heterocycles. The van der Waals surface area contributed by atoms with Crippen molar-refractivity contribution in [2.24, 2.45) is 0 Å². The highest BCUT2D eigenvalue weighted by atomic mass is 15.2. The largest absolute Gasteiger partial charge is 0.311 e. The SMILES string of the molecule is c1ccc(N2c3ccccc3B3c4c2cccc4-n2c4c3cccc4c3ccc4c(c5ccccc5n4-c4ccccn4)c32)cc1. The van der Waals surface area contributed by atoms with Crippen molar-refractivity contribution < 1.29 is 0 Å². The van der Waals surface area contributed by atoms with E-state index in [0.717, 1.165) is 16.9 Å². The zero-order valence-corrected chi connectivity index (χ0v) is 24.8. The molecule has 3 aromatic heterocycles. The van der Waals surface area contributed by atoms with Crippen LogP contribution in [0, 0.1) is 0 Å². The van der Waals surface area contributed by atoms with Gasteiger partial charge in [-0.25, -0.2) is 4.98 Å². The molecular weight excluding hydrogens is 559 g/mol. The quantitative estimate of drug-likeness (QED) is 0.193. The molecule has 0 atom stereocenters. The highest BCUT2D eigenvalue weighted by Crippen LogP contribution is 2.44. The van der Waals surface area contributed by atoms with E-state index < -0.39 is 0 Å². The number of fused-ring (bicyclic) bond motifs is 11.